The Morgan fingerprint density at radius 1 is 1.04 bits per heavy atom. The van der Waals surface area contributed by atoms with Gasteiger partial charge in [0.1, 0.15) is 5.82 Å². The molecule has 0 saturated heterocycles. The maximum atomic E-state index is 13.1. The van der Waals surface area contributed by atoms with Crippen molar-refractivity contribution in [2.75, 3.05) is 6.61 Å². The lowest BCUT2D eigenvalue weighted by atomic mass is 10.1. The maximum Gasteiger partial charge on any atom is 0.221 e. The van der Waals surface area contributed by atoms with E-state index in [1.807, 2.05) is 6.07 Å². The minimum atomic E-state index is -0.244. The lowest BCUT2D eigenvalue weighted by Crippen LogP contribution is -2.01. The fourth-order valence-electron chi connectivity index (χ4n) is 2.43. The Labute approximate surface area is 146 Å². The standard InChI is InChI=1S/C19H23BrFNO/c1-2-3-4-5-6-7-12-23-19-18(13-16(20)14-22-19)15-8-10-17(21)11-9-15/h8-11,13-14H,2-7,12H2,1H3. The van der Waals surface area contributed by atoms with E-state index >= 15 is 0 Å². The van der Waals surface area contributed by atoms with Crippen LogP contribution in [0, 0.1) is 5.82 Å². The number of hydrogen-bond acceptors (Lipinski definition) is 2. The molecule has 0 amide bonds. The first kappa shape index (κ1) is 17.9. The summed E-state index contributed by atoms with van der Waals surface area (Å²) in [5, 5.41) is 0. The highest BCUT2D eigenvalue weighted by Crippen LogP contribution is 2.31. The molecule has 1 aromatic carbocycles. The van der Waals surface area contributed by atoms with Gasteiger partial charge in [-0.1, -0.05) is 51.2 Å². The second-order valence-electron chi connectivity index (χ2n) is 5.63. The van der Waals surface area contributed by atoms with Gasteiger partial charge in [-0.15, -0.1) is 0 Å². The maximum absolute atomic E-state index is 13.1. The summed E-state index contributed by atoms with van der Waals surface area (Å²) >= 11 is 3.43. The molecule has 0 aliphatic heterocycles. The van der Waals surface area contributed by atoms with Gasteiger partial charge in [0.2, 0.25) is 5.88 Å². The average Bonchev–Trinajstić information content (AvgIpc) is 2.56. The van der Waals surface area contributed by atoms with Crippen LogP contribution in [0.25, 0.3) is 11.1 Å². The zero-order valence-electron chi connectivity index (χ0n) is 13.5. The number of halogens is 2. The van der Waals surface area contributed by atoms with Crippen molar-refractivity contribution in [1.82, 2.24) is 4.98 Å². The number of hydrogen-bond donors (Lipinski definition) is 0. The van der Waals surface area contributed by atoms with Crippen LogP contribution in [0.4, 0.5) is 4.39 Å². The summed E-state index contributed by atoms with van der Waals surface area (Å²) in [6.45, 7) is 2.88. The minimum absolute atomic E-state index is 0.244. The molecule has 1 heterocycles. The van der Waals surface area contributed by atoms with Gasteiger partial charge in [-0.25, -0.2) is 9.37 Å². The summed E-state index contributed by atoms with van der Waals surface area (Å²) in [6, 6.07) is 8.35. The lowest BCUT2D eigenvalue weighted by molar-refractivity contribution is 0.294. The van der Waals surface area contributed by atoms with Crippen molar-refractivity contribution in [1.29, 1.82) is 0 Å². The number of nitrogens with zero attached hydrogens (tertiary/aromatic N) is 1. The second-order valence-corrected chi connectivity index (χ2v) is 6.55. The molecule has 0 aliphatic carbocycles. The van der Waals surface area contributed by atoms with Gasteiger partial charge in [0.25, 0.3) is 0 Å². The predicted molar refractivity (Wildman–Crippen MR) is 96.2 cm³/mol. The Balaban J connectivity index is 1.95. The SMILES string of the molecule is CCCCCCCCOc1ncc(Br)cc1-c1ccc(F)cc1. The first-order chi connectivity index (χ1) is 11.2. The number of rotatable bonds is 9. The number of unbranched alkanes of at least 4 members (excludes halogenated alkanes) is 5. The molecular formula is C19H23BrFNO. The normalized spacial score (nSPS) is 10.7. The number of ether oxygens (including phenoxy) is 1. The van der Waals surface area contributed by atoms with Gasteiger partial charge in [0.05, 0.1) is 6.61 Å². The van der Waals surface area contributed by atoms with E-state index in [0.717, 1.165) is 22.0 Å². The van der Waals surface area contributed by atoms with Crippen LogP contribution in [0.2, 0.25) is 0 Å². The highest BCUT2D eigenvalue weighted by Gasteiger charge is 2.09. The van der Waals surface area contributed by atoms with Gasteiger partial charge < -0.3 is 4.74 Å². The fraction of sp³-hybridized carbons (Fsp3) is 0.421. The molecule has 4 heteroatoms. The van der Waals surface area contributed by atoms with Gasteiger partial charge in [-0.05, 0) is 46.1 Å². The van der Waals surface area contributed by atoms with E-state index in [1.165, 1.54) is 44.2 Å². The Morgan fingerprint density at radius 3 is 2.48 bits per heavy atom. The summed E-state index contributed by atoms with van der Waals surface area (Å²) in [4.78, 5) is 4.36. The molecule has 0 unspecified atom stereocenters. The molecule has 124 valence electrons. The van der Waals surface area contributed by atoms with Crippen molar-refractivity contribution in [3.8, 4) is 17.0 Å². The first-order valence-corrected chi connectivity index (χ1v) is 9.04. The highest BCUT2D eigenvalue weighted by atomic mass is 79.9. The average molecular weight is 380 g/mol. The van der Waals surface area contributed by atoms with E-state index in [0.29, 0.717) is 12.5 Å². The Kier molecular flexibility index (Phi) is 7.53. The van der Waals surface area contributed by atoms with Gasteiger partial charge in [0, 0.05) is 16.2 Å². The molecule has 0 radical (unpaired) electrons. The topological polar surface area (TPSA) is 22.1 Å². The highest BCUT2D eigenvalue weighted by molar-refractivity contribution is 9.10. The van der Waals surface area contributed by atoms with Crippen molar-refractivity contribution < 1.29 is 9.13 Å². The molecule has 1 aromatic heterocycles. The Hall–Kier alpha value is -1.42. The lowest BCUT2D eigenvalue weighted by Gasteiger charge is -2.11. The molecule has 2 aromatic rings. The molecule has 0 saturated carbocycles. The first-order valence-electron chi connectivity index (χ1n) is 8.25. The van der Waals surface area contributed by atoms with Crippen LogP contribution in [0.15, 0.2) is 41.0 Å². The molecule has 0 fully saturated rings. The summed E-state index contributed by atoms with van der Waals surface area (Å²) in [6.07, 6.45) is 9.07. The monoisotopic (exact) mass is 379 g/mol. The van der Waals surface area contributed by atoms with Crippen LogP contribution in [0.5, 0.6) is 5.88 Å². The molecule has 2 nitrogen and oxygen atoms in total. The third-order valence-electron chi connectivity index (χ3n) is 3.71. The fourth-order valence-corrected chi connectivity index (χ4v) is 2.76. The smallest absolute Gasteiger partial charge is 0.221 e. The largest absolute Gasteiger partial charge is 0.477 e. The van der Waals surface area contributed by atoms with E-state index in [4.69, 9.17) is 4.74 Å². The summed E-state index contributed by atoms with van der Waals surface area (Å²) in [5.41, 5.74) is 1.78. The molecule has 0 N–H and O–H groups in total. The van der Waals surface area contributed by atoms with E-state index in [2.05, 4.69) is 27.8 Å². The molecule has 0 aliphatic rings. The molecule has 0 bridgehead atoms. The van der Waals surface area contributed by atoms with E-state index in [9.17, 15) is 4.39 Å². The molecule has 23 heavy (non-hydrogen) atoms. The number of aromatic nitrogens is 1. The molecular weight excluding hydrogens is 357 g/mol. The van der Waals surface area contributed by atoms with Crippen molar-refractivity contribution in [2.24, 2.45) is 0 Å². The van der Waals surface area contributed by atoms with E-state index < -0.39 is 0 Å². The molecule has 2 rings (SSSR count). The van der Waals surface area contributed by atoms with Crippen molar-refractivity contribution in [3.63, 3.8) is 0 Å². The summed E-state index contributed by atoms with van der Waals surface area (Å²) < 4.78 is 19.8. The summed E-state index contributed by atoms with van der Waals surface area (Å²) in [7, 11) is 0. The predicted octanol–water partition coefficient (Wildman–Crippen LogP) is 6.39. The van der Waals surface area contributed by atoms with Crippen LogP contribution in [-0.4, -0.2) is 11.6 Å². The summed E-state index contributed by atoms with van der Waals surface area (Å²) in [5.74, 6) is 0.361. The van der Waals surface area contributed by atoms with Crippen LogP contribution in [-0.2, 0) is 0 Å². The number of benzene rings is 1. The Bertz CT molecular complexity index is 601. The molecule has 0 atom stereocenters. The zero-order valence-corrected chi connectivity index (χ0v) is 15.1. The third kappa shape index (κ3) is 5.94. The van der Waals surface area contributed by atoms with Gasteiger partial charge in [0.15, 0.2) is 0 Å². The van der Waals surface area contributed by atoms with Gasteiger partial charge >= 0.3 is 0 Å². The third-order valence-corrected chi connectivity index (χ3v) is 4.14. The van der Waals surface area contributed by atoms with Crippen molar-refractivity contribution in [3.05, 3.63) is 46.8 Å². The van der Waals surface area contributed by atoms with Gasteiger partial charge in [-0.2, -0.15) is 0 Å². The van der Waals surface area contributed by atoms with Crippen LogP contribution >= 0.6 is 15.9 Å². The second kappa shape index (κ2) is 9.66. The number of pyridine rings is 1. The minimum Gasteiger partial charge on any atom is -0.477 e. The van der Waals surface area contributed by atoms with E-state index in [-0.39, 0.29) is 5.82 Å². The zero-order chi connectivity index (χ0) is 16.5. The van der Waals surface area contributed by atoms with Crippen molar-refractivity contribution >= 4 is 15.9 Å². The van der Waals surface area contributed by atoms with Crippen LogP contribution < -0.4 is 4.74 Å². The van der Waals surface area contributed by atoms with Crippen LogP contribution in [0.1, 0.15) is 45.4 Å². The quantitative estimate of drug-likeness (QED) is 0.470. The van der Waals surface area contributed by atoms with E-state index in [1.54, 1.807) is 18.3 Å². The van der Waals surface area contributed by atoms with Crippen molar-refractivity contribution in [2.45, 2.75) is 45.4 Å². The van der Waals surface area contributed by atoms with Gasteiger partial charge in [-0.3, -0.25) is 0 Å². The Morgan fingerprint density at radius 2 is 1.74 bits per heavy atom. The molecule has 0 spiro atoms. The van der Waals surface area contributed by atoms with Crippen LogP contribution in [0.3, 0.4) is 0 Å².